The molecular weight excluding hydrogens is 434 g/mol. The van der Waals surface area contributed by atoms with Crippen molar-refractivity contribution in [1.29, 1.82) is 0 Å². The Morgan fingerprint density at radius 2 is 1.70 bits per heavy atom. The van der Waals surface area contributed by atoms with Gasteiger partial charge in [0.2, 0.25) is 10.0 Å². The molecule has 0 spiro atoms. The van der Waals surface area contributed by atoms with E-state index in [-0.39, 0.29) is 5.92 Å². The topological polar surface area (TPSA) is 84.1 Å². The summed E-state index contributed by atoms with van der Waals surface area (Å²) in [5.74, 6) is 1.03. The Balaban J connectivity index is 1.70. The third kappa shape index (κ3) is 6.45. The van der Waals surface area contributed by atoms with E-state index in [1.54, 1.807) is 19.2 Å². The highest BCUT2D eigenvalue weighted by Gasteiger charge is 2.19. The lowest BCUT2D eigenvalue weighted by Crippen LogP contribution is -2.26. The Morgan fingerprint density at radius 3 is 2.30 bits per heavy atom. The lowest BCUT2D eigenvalue weighted by atomic mass is 9.98. The fraction of sp³-hybridized carbons (Fsp3) is 0.423. The van der Waals surface area contributed by atoms with Crippen LogP contribution in [0.4, 0.5) is 0 Å². The molecule has 0 aliphatic carbocycles. The van der Waals surface area contributed by atoms with Crippen LogP contribution in [0.25, 0.3) is 11.3 Å². The van der Waals surface area contributed by atoms with Crippen molar-refractivity contribution >= 4 is 10.0 Å². The molecule has 3 rings (SSSR count). The SMILES string of the molecule is CCCCCc1ccc(S(=O)(=O)NCCc2c(-c3ccc(OC)cc3)n[nH]c2C(C)C)cc1. The van der Waals surface area contributed by atoms with Gasteiger partial charge in [-0.3, -0.25) is 5.10 Å². The van der Waals surface area contributed by atoms with E-state index in [1.165, 1.54) is 18.4 Å². The molecule has 2 aromatic carbocycles. The monoisotopic (exact) mass is 469 g/mol. The smallest absolute Gasteiger partial charge is 0.240 e. The van der Waals surface area contributed by atoms with Crippen molar-refractivity contribution in [2.75, 3.05) is 13.7 Å². The lowest BCUT2D eigenvalue weighted by molar-refractivity contribution is 0.415. The summed E-state index contributed by atoms with van der Waals surface area (Å²) in [5, 5.41) is 7.68. The Morgan fingerprint density at radius 1 is 1.00 bits per heavy atom. The van der Waals surface area contributed by atoms with Gasteiger partial charge < -0.3 is 4.74 Å². The number of methoxy groups -OCH3 is 1. The third-order valence-electron chi connectivity index (χ3n) is 5.81. The van der Waals surface area contributed by atoms with E-state index in [0.29, 0.717) is 17.9 Å². The van der Waals surface area contributed by atoms with Gasteiger partial charge in [-0.1, -0.05) is 45.7 Å². The minimum atomic E-state index is -3.57. The fourth-order valence-corrected chi connectivity index (χ4v) is 4.94. The Labute approximate surface area is 197 Å². The first-order valence-electron chi connectivity index (χ1n) is 11.7. The zero-order valence-electron chi connectivity index (χ0n) is 20.0. The van der Waals surface area contributed by atoms with E-state index in [4.69, 9.17) is 4.74 Å². The van der Waals surface area contributed by atoms with Crippen LogP contribution in [0.5, 0.6) is 5.75 Å². The van der Waals surface area contributed by atoms with Crippen molar-refractivity contribution < 1.29 is 13.2 Å². The van der Waals surface area contributed by atoms with Crippen molar-refractivity contribution in [3.05, 3.63) is 65.4 Å². The van der Waals surface area contributed by atoms with E-state index in [1.807, 2.05) is 36.4 Å². The van der Waals surface area contributed by atoms with Gasteiger partial charge in [-0.2, -0.15) is 5.10 Å². The number of ether oxygens (including phenoxy) is 1. The average molecular weight is 470 g/mol. The normalized spacial score (nSPS) is 11.8. The standard InChI is InChI=1S/C26H35N3O3S/c1-5-6-7-8-20-9-15-23(16-10-20)33(30,31)27-18-17-24-25(19(2)3)28-29-26(24)21-11-13-22(32-4)14-12-21/h9-16,19,27H,5-8,17-18H2,1-4H3,(H,28,29). The van der Waals surface area contributed by atoms with Crippen LogP contribution < -0.4 is 9.46 Å². The molecule has 0 unspecified atom stereocenters. The molecule has 7 heteroatoms. The zero-order valence-corrected chi connectivity index (χ0v) is 20.8. The highest BCUT2D eigenvalue weighted by molar-refractivity contribution is 7.89. The summed E-state index contributed by atoms with van der Waals surface area (Å²) in [7, 11) is -1.94. The van der Waals surface area contributed by atoms with Crippen molar-refractivity contribution in [1.82, 2.24) is 14.9 Å². The molecule has 0 amide bonds. The third-order valence-corrected chi connectivity index (χ3v) is 7.29. The number of nitrogens with one attached hydrogen (secondary N) is 2. The molecule has 0 bridgehead atoms. The maximum atomic E-state index is 12.8. The maximum Gasteiger partial charge on any atom is 0.240 e. The fourth-order valence-electron chi connectivity index (χ4n) is 3.91. The molecular formula is C26H35N3O3S. The Bertz CT molecular complexity index is 1120. The second-order valence-electron chi connectivity index (χ2n) is 8.60. The summed E-state index contributed by atoms with van der Waals surface area (Å²) < 4.78 is 33.7. The van der Waals surface area contributed by atoms with Gasteiger partial charge in [-0.25, -0.2) is 13.1 Å². The minimum Gasteiger partial charge on any atom is -0.497 e. The summed E-state index contributed by atoms with van der Waals surface area (Å²) in [6, 6.07) is 15.0. The first kappa shape index (κ1) is 25.0. The first-order chi connectivity index (χ1) is 15.9. The second-order valence-corrected chi connectivity index (χ2v) is 10.4. The zero-order chi connectivity index (χ0) is 23.8. The van der Waals surface area contributed by atoms with Crippen LogP contribution in [-0.2, 0) is 22.9 Å². The molecule has 2 N–H and O–H groups in total. The van der Waals surface area contributed by atoms with Crippen LogP contribution in [0.15, 0.2) is 53.4 Å². The van der Waals surface area contributed by atoms with Crippen LogP contribution >= 0.6 is 0 Å². The number of unbranched alkanes of at least 4 members (excludes halogenated alkanes) is 2. The molecule has 0 atom stereocenters. The number of H-pyrrole nitrogens is 1. The number of rotatable bonds is 12. The van der Waals surface area contributed by atoms with Gasteiger partial charge in [0.15, 0.2) is 0 Å². The van der Waals surface area contributed by atoms with Gasteiger partial charge in [-0.05, 0) is 67.1 Å². The Hall–Kier alpha value is -2.64. The highest BCUT2D eigenvalue weighted by Crippen LogP contribution is 2.29. The van der Waals surface area contributed by atoms with Crippen molar-refractivity contribution in [2.24, 2.45) is 0 Å². The molecule has 178 valence electrons. The summed E-state index contributed by atoms with van der Waals surface area (Å²) in [5.41, 5.74) is 5.04. The predicted octanol–water partition coefficient (Wildman–Crippen LogP) is 5.46. The number of benzene rings is 2. The van der Waals surface area contributed by atoms with Crippen LogP contribution in [-0.4, -0.2) is 32.3 Å². The molecule has 0 saturated carbocycles. The molecule has 1 heterocycles. The number of aromatic amines is 1. The number of aromatic nitrogens is 2. The molecule has 1 aromatic heterocycles. The number of aryl methyl sites for hydroxylation is 1. The largest absolute Gasteiger partial charge is 0.497 e. The van der Waals surface area contributed by atoms with Gasteiger partial charge in [-0.15, -0.1) is 0 Å². The first-order valence-corrected chi connectivity index (χ1v) is 13.1. The summed E-state index contributed by atoms with van der Waals surface area (Å²) >= 11 is 0. The number of hydrogen-bond acceptors (Lipinski definition) is 4. The molecule has 0 aliphatic heterocycles. The van der Waals surface area contributed by atoms with E-state index >= 15 is 0 Å². The van der Waals surface area contributed by atoms with Gasteiger partial charge >= 0.3 is 0 Å². The van der Waals surface area contributed by atoms with E-state index in [9.17, 15) is 8.42 Å². The highest BCUT2D eigenvalue weighted by atomic mass is 32.2. The minimum absolute atomic E-state index is 0.247. The molecule has 6 nitrogen and oxygen atoms in total. The molecule has 0 aliphatic rings. The van der Waals surface area contributed by atoms with Crippen LogP contribution in [0, 0.1) is 0 Å². The summed E-state index contributed by atoms with van der Waals surface area (Å²) in [6.45, 7) is 6.67. The predicted molar refractivity (Wildman–Crippen MR) is 133 cm³/mol. The van der Waals surface area contributed by atoms with E-state index in [0.717, 1.165) is 41.1 Å². The van der Waals surface area contributed by atoms with Gasteiger partial charge in [0, 0.05) is 23.4 Å². The van der Waals surface area contributed by atoms with Crippen LogP contribution in [0.1, 0.15) is 62.8 Å². The van der Waals surface area contributed by atoms with Crippen LogP contribution in [0.3, 0.4) is 0 Å². The number of nitrogens with zero attached hydrogens (tertiary/aromatic N) is 1. The van der Waals surface area contributed by atoms with Crippen LogP contribution in [0.2, 0.25) is 0 Å². The van der Waals surface area contributed by atoms with E-state index < -0.39 is 10.0 Å². The van der Waals surface area contributed by atoms with Gasteiger partial charge in [0.25, 0.3) is 0 Å². The molecule has 3 aromatic rings. The maximum absolute atomic E-state index is 12.8. The quantitative estimate of drug-likeness (QED) is 0.345. The van der Waals surface area contributed by atoms with Crippen molar-refractivity contribution in [3.63, 3.8) is 0 Å². The molecule has 0 radical (unpaired) electrons. The Kier molecular flexibility index (Phi) is 8.69. The van der Waals surface area contributed by atoms with E-state index in [2.05, 4.69) is 35.7 Å². The number of hydrogen-bond donors (Lipinski definition) is 2. The molecule has 0 fully saturated rings. The van der Waals surface area contributed by atoms with Gasteiger partial charge in [0.1, 0.15) is 5.75 Å². The summed E-state index contributed by atoms with van der Waals surface area (Å²) in [6.07, 6.45) is 5.01. The molecule has 33 heavy (non-hydrogen) atoms. The lowest BCUT2D eigenvalue weighted by Gasteiger charge is -2.11. The van der Waals surface area contributed by atoms with Gasteiger partial charge in [0.05, 0.1) is 17.7 Å². The average Bonchev–Trinajstić information content (AvgIpc) is 3.24. The van der Waals surface area contributed by atoms with Crippen molar-refractivity contribution in [2.45, 2.75) is 63.7 Å². The number of sulfonamides is 1. The van der Waals surface area contributed by atoms with Crippen molar-refractivity contribution in [3.8, 4) is 17.0 Å². The second kappa shape index (κ2) is 11.5. The molecule has 0 saturated heterocycles. The summed E-state index contributed by atoms with van der Waals surface area (Å²) in [4.78, 5) is 0.299.